The van der Waals surface area contributed by atoms with Crippen molar-refractivity contribution in [2.24, 2.45) is 0 Å². The Balaban J connectivity index is 2.07. The van der Waals surface area contributed by atoms with Crippen LogP contribution in [0.2, 0.25) is 0 Å². The molecule has 0 aliphatic carbocycles. The van der Waals surface area contributed by atoms with Crippen LogP contribution in [-0.4, -0.2) is 5.78 Å². The molecule has 0 saturated carbocycles. The lowest BCUT2D eigenvalue weighted by Crippen LogP contribution is -2.09. The van der Waals surface area contributed by atoms with E-state index in [1.165, 1.54) is 23.5 Å². The summed E-state index contributed by atoms with van der Waals surface area (Å²) in [7, 11) is 0. The number of ketones is 1. The van der Waals surface area contributed by atoms with Gasteiger partial charge in [0.1, 0.15) is 5.78 Å². The molecule has 2 aromatic rings. The van der Waals surface area contributed by atoms with Crippen LogP contribution in [0.5, 0.6) is 0 Å². The fourth-order valence-corrected chi connectivity index (χ4v) is 3.30. The Bertz CT molecular complexity index is 619. The zero-order valence-corrected chi connectivity index (χ0v) is 12.6. The van der Waals surface area contributed by atoms with Gasteiger partial charge in [-0.2, -0.15) is 13.2 Å². The maximum absolute atomic E-state index is 12.6. The molecule has 0 atom stereocenters. The maximum Gasteiger partial charge on any atom is 0.416 e. The molecule has 0 N–H and O–H groups in total. The molecule has 2 rings (SSSR count). The first-order valence-electron chi connectivity index (χ1n) is 5.76. The molecule has 0 spiro atoms. The summed E-state index contributed by atoms with van der Waals surface area (Å²) in [5, 5.41) is 1.86. The van der Waals surface area contributed by atoms with Crippen molar-refractivity contribution in [3.63, 3.8) is 0 Å². The van der Waals surface area contributed by atoms with Gasteiger partial charge in [-0.25, -0.2) is 0 Å². The van der Waals surface area contributed by atoms with Crippen molar-refractivity contribution in [3.05, 3.63) is 56.2 Å². The molecule has 1 heterocycles. The fourth-order valence-electron chi connectivity index (χ4n) is 1.78. The Kier molecular flexibility index (Phi) is 4.65. The third kappa shape index (κ3) is 3.93. The highest BCUT2D eigenvalue weighted by Crippen LogP contribution is 2.30. The predicted molar refractivity (Wildman–Crippen MR) is 75.9 cm³/mol. The molecule has 0 radical (unpaired) electrons. The average Bonchev–Trinajstić information content (AvgIpc) is 2.74. The first kappa shape index (κ1) is 15.3. The summed E-state index contributed by atoms with van der Waals surface area (Å²) >= 11 is 4.78. The maximum atomic E-state index is 12.6. The zero-order chi connectivity index (χ0) is 14.8. The normalized spacial score (nSPS) is 11.6. The van der Waals surface area contributed by atoms with Gasteiger partial charge in [0.05, 0.1) is 5.56 Å². The van der Waals surface area contributed by atoms with Gasteiger partial charge in [-0.1, -0.05) is 18.2 Å². The van der Waals surface area contributed by atoms with Crippen LogP contribution < -0.4 is 0 Å². The third-order valence-corrected chi connectivity index (χ3v) is 4.63. The Morgan fingerprint density at radius 2 is 1.95 bits per heavy atom. The van der Waals surface area contributed by atoms with Crippen LogP contribution >= 0.6 is 27.3 Å². The van der Waals surface area contributed by atoms with Gasteiger partial charge >= 0.3 is 6.18 Å². The van der Waals surface area contributed by atoms with E-state index in [1.807, 2.05) is 11.4 Å². The van der Waals surface area contributed by atoms with Gasteiger partial charge in [-0.3, -0.25) is 4.79 Å². The Labute approximate surface area is 126 Å². The summed E-state index contributed by atoms with van der Waals surface area (Å²) < 4.78 is 38.6. The first-order chi connectivity index (χ1) is 9.36. The van der Waals surface area contributed by atoms with Gasteiger partial charge in [-0.15, -0.1) is 11.3 Å². The molecule has 20 heavy (non-hydrogen) atoms. The number of benzene rings is 1. The molecule has 6 heteroatoms. The largest absolute Gasteiger partial charge is 0.416 e. The number of rotatable bonds is 4. The van der Waals surface area contributed by atoms with Crippen molar-refractivity contribution in [1.82, 2.24) is 0 Å². The van der Waals surface area contributed by atoms with Crippen LogP contribution in [0, 0.1) is 0 Å². The van der Waals surface area contributed by atoms with Crippen LogP contribution in [0.3, 0.4) is 0 Å². The van der Waals surface area contributed by atoms with E-state index in [1.54, 1.807) is 0 Å². The Morgan fingerprint density at radius 1 is 1.20 bits per heavy atom. The van der Waals surface area contributed by atoms with Gasteiger partial charge in [-0.05, 0) is 39.0 Å². The number of carbonyl (C=O) groups excluding carboxylic acids is 1. The zero-order valence-electron chi connectivity index (χ0n) is 10.2. The topological polar surface area (TPSA) is 17.1 Å². The van der Waals surface area contributed by atoms with Crippen molar-refractivity contribution in [2.45, 2.75) is 19.0 Å². The number of halogens is 4. The van der Waals surface area contributed by atoms with Gasteiger partial charge in [0, 0.05) is 22.2 Å². The molecule has 0 bridgehead atoms. The average molecular weight is 363 g/mol. The van der Waals surface area contributed by atoms with Crippen LogP contribution in [0.25, 0.3) is 0 Å². The summed E-state index contributed by atoms with van der Waals surface area (Å²) in [5.74, 6) is -0.104. The monoisotopic (exact) mass is 362 g/mol. The quantitative estimate of drug-likeness (QED) is 0.757. The molecule has 0 saturated heterocycles. The number of thiophene rings is 1. The highest BCUT2D eigenvalue weighted by Gasteiger charge is 2.30. The highest BCUT2D eigenvalue weighted by molar-refractivity contribution is 9.10. The van der Waals surface area contributed by atoms with E-state index < -0.39 is 11.7 Å². The summed E-state index contributed by atoms with van der Waals surface area (Å²) in [4.78, 5) is 12.8. The molecule has 0 fully saturated rings. The molecule has 1 nitrogen and oxygen atoms in total. The molecule has 0 amide bonds. The second-order valence-corrected chi connectivity index (χ2v) is 6.14. The lowest BCUT2D eigenvalue weighted by atomic mass is 10.0. The van der Waals surface area contributed by atoms with E-state index in [0.717, 1.165) is 21.5 Å². The molecule has 0 aliphatic heterocycles. The number of Topliss-reactive ketones (excluding diaryl/α,β-unsaturated/α-hetero) is 1. The number of carbonyl (C=O) groups is 1. The minimum Gasteiger partial charge on any atom is -0.299 e. The van der Waals surface area contributed by atoms with Crippen molar-refractivity contribution >= 4 is 33.0 Å². The molecule has 1 aromatic carbocycles. The van der Waals surface area contributed by atoms with Crippen LogP contribution in [0.15, 0.2) is 40.2 Å². The summed E-state index contributed by atoms with van der Waals surface area (Å²) in [6.45, 7) is 0. The summed E-state index contributed by atoms with van der Waals surface area (Å²) in [5.41, 5.74) is -0.336. The minimum atomic E-state index is -4.38. The first-order valence-corrected chi connectivity index (χ1v) is 7.43. The number of alkyl halides is 3. The van der Waals surface area contributed by atoms with Crippen molar-refractivity contribution in [1.29, 1.82) is 0 Å². The standard InChI is InChI=1S/C14H10BrF3OS/c15-12-4-5-20-13(12)8-11(19)7-9-2-1-3-10(6-9)14(16,17)18/h1-6H,7-8H2. The Hall–Kier alpha value is -1.14. The Morgan fingerprint density at radius 3 is 2.55 bits per heavy atom. The van der Waals surface area contributed by atoms with E-state index in [0.29, 0.717) is 5.56 Å². The third-order valence-electron chi connectivity index (χ3n) is 2.70. The SMILES string of the molecule is O=C(Cc1cccc(C(F)(F)F)c1)Cc1sccc1Br. The molecule has 0 aliphatic rings. The molecule has 0 unspecified atom stereocenters. The fraction of sp³-hybridized carbons (Fsp3) is 0.214. The number of hydrogen-bond donors (Lipinski definition) is 0. The van der Waals surface area contributed by atoms with Crippen molar-refractivity contribution < 1.29 is 18.0 Å². The summed E-state index contributed by atoms with van der Waals surface area (Å²) in [6, 6.07) is 6.74. The van der Waals surface area contributed by atoms with Gasteiger partial charge in [0.25, 0.3) is 0 Å². The van der Waals surface area contributed by atoms with Crippen LogP contribution in [0.4, 0.5) is 13.2 Å². The number of hydrogen-bond acceptors (Lipinski definition) is 2. The van der Waals surface area contributed by atoms with E-state index >= 15 is 0 Å². The molecule has 106 valence electrons. The molecule has 1 aromatic heterocycles. The van der Waals surface area contributed by atoms with Crippen LogP contribution in [-0.2, 0) is 23.8 Å². The van der Waals surface area contributed by atoms with E-state index in [-0.39, 0.29) is 18.6 Å². The minimum absolute atomic E-state index is 0.00819. The van der Waals surface area contributed by atoms with Crippen molar-refractivity contribution in [3.8, 4) is 0 Å². The highest BCUT2D eigenvalue weighted by atomic mass is 79.9. The van der Waals surface area contributed by atoms with Gasteiger partial charge in [0.15, 0.2) is 0 Å². The van der Waals surface area contributed by atoms with E-state index in [4.69, 9.17) is 0 Å². The van der Waals surface area contributed by atoms with E-state index in [2.05, 4.69) is 15.9 Å². The second-order valence-electron chi connectivity index (χ2n) is 4.28. The lowest BCUT2D eigenvalue weighted by Gasteiger charge is -2.08. The van der Waals surface area contributed by atoms with Crippen molar-refractivity contribution in [2.75, 3.05) is 0 Å². The smallest absolute Gasteiger partial charge is 0.299 e. The van der Waals surface area contributed by atoms with Gasteiger partial charge in [0.2, 0.25) is 0 Å². The second kappa shape index (κ2) is 6.10. The lowest BCUT2D eigenvalue weighted by molar-refractivity contribution is -0.137. The predicted octanol–water partition coefficient (Wildman–Crippen LogP) is 4.88. The summed E-state index contributed by atoms with van der Waals surface area (Å²) in [6.07, 6.45) is -4.14. The van der Waals surface area contributed by atoms with Gasteiger partial charge < -0.3 is 0 Å². The van der Waals surface area contributed by atoms with Crippen LogP contribution in [0.1, 0.15) is 16.0 Å². The molecular formula is C14H10BrF3OS. The molecular weight excluding hydrogens is 353 g/mol. The van der Waals surface area contributed by atoms with E-state index in [9.17, 15) is 18.0 Å².